The second kappa shape index (κ2) is 5.28. The molecule has 0 heterocycles. The third-order valence-corrected chi connectivity index (χ3v) is 3.80. The van der Waals surface area contributed by atoms with Crippen LogP contribution < -0.4 is 0 Å². The standard InChI is InChI=1S/C17H14FNS/c1-11-8-15(9-16(18)17(11)19-10-20)14-6-4-13(5-7-14)12-2-3-12/h4-9,12H,2-3H2,1H3. The Balaban J connectivity index is 1.99. The van der Waals surface area contributed by atoms with Crippen molar-refractivity contribution in [2.75, 3.05) is 0 Å². The van der Waals surface area contributed by atoms with Crippen molar-refractivity contribution >= 4 is 23.1 Å². The molecule has 0 spiro atoms. The molecule has 0 amide bonds. The number of aliphatic imine (C=N–C) groups is 1. The zero-order valence-electron chi connectivity index (χ0n) is 11.2. The SMILES string of the molecule is Cc1cc(-c2ccc(C3CC3)cc2)cc(F)c1N=C=S. The van der Waals surface area contributed by atoms with E-state index in [1.165, 1.54) is 24.5 Å². The molecule has 20 heavy (non-hydrogen) atoms. The summed E-state index contributed by atoms with van der Waals surface area (Å²) >= 11 is 4.54. The first-order chi connectivity index (χ1) is 9.69. The smallest absolute Gasteiger partial charge is 0.150 e. The number of aryl methyl sites for hydroxylation is 1. The molecule has 0 N–H and O–H groups in total. The van der Waals surface area contributed by atoms with Gasteiger partial charge in [0.05, 0.1) is 5.16 Å². The molecule has 2 aromatic carbocycles. The molecule has 3 heteroatoms. The van der Waals surface area contributed by atoms with Crippen LogP contribution in [0.4, 0.5) is 10.1 Å². The maximum atomic E-state index is 14.0. The third kappa shape index (κ3) is 2.55. The predicted molar refractivity (Wildman–Crippen MR) is 83.2 cm³/mol. The Morgan fingerprint density at radius 1 is 1.15 bits per heavy atom. The van der Waals surface area contributed by atoms with E-state index >= 15 is 0 Å². The van der Waals surface area contributed by atoms with Crippen molar-refractivity contribution < 1.29 is 4.39 Å². The van der Waals surface area contributed by atoms with Crippen LogP contribution in [0.2, 0.25) is 0 Å². The zero-order valence-corrected chi connectivity index (χ0v) is 12.0. The fraction of sp³-hybridized carbons (Fsp3) is 0.235. The molecular formula is C17H14FNS. The van der Waals surface area contributed by atoms with E-state index in [4.69, 9.17) is 0 Å². The summed E-state index contributed by atoms with van der Waals surface area (Å²) in [5.74, 6) is 0.380. The first-order valence-corrected chi connectivity index (χ1v) is 7.08. The van der Waals surface area contributed by atoms with E-state index in [1.807, 2.05) is 13.0 Å². The van der Waals surface area contributed by atoms with Gasteiger partial charge in [-0.25, -0.2) is 4.39 Å². The fourth-order valence-electron chi connectivity index (χ4n) is 2.45. The fourth-order valence-corrected chi connectivity index (χ4v) is 2.55. The van der Waals surface area contributed by atoms with E-state index < -0.39 is 0 Å². The Bertz CT molecular complexity index is 672. The summed E-state index contributed by atoms with van der Waals surface area (Å²) in [6, 6.07) is 11.8. The largest absolute Gasteiger partial charge is 0.205 e. The highest BCUT2D eigenvalue weighted by Crippen LogP contribution is 2.40. The number of thiocarbonyl (C=S) groups is 1. The predicted octanol–water partition coefficient (Wildman–Crippen LogP) is 5.41. The Morgan fingerprint density at radius 3 is 2.40 bits per heavy atom. The summed E-state index contributed by atoms with van der Waals surface area (Å²) in [6.45, 7) is 1.83. The van der Waals surface area contributed by atoms with Gasteiger partial charge in [-0.3, -0.25) is 0 Å². The van der Waals surface area contributed by atoms with E-state index in [9.17, 15) is 4.39 Å². The van der Waals surface area contributed by atoms with E-state index in [0.717, 1.165) is 22.6 Å². The number of rotatable bonds is 3. The normalized spacial score (nSPS) is 13.9. The lowest BCUT2D eigenvalue weighted by molar-refractivity contribution is 0.629. The summed E-state index contributed by atoms with van der Waals surface area (Å²) < 4.78 is 14.0. The van der Waals surface area contributed by atoms with Crippen LogP contribution in [0.1, 0.15) is 29.9 Å². The molecule has 0 aromatic heterocycles. The van der Waals surface area contributed by atoms with E-state index in [1.54, 1.807) is 0 Å². The molecule has 0 aliphatic heterocycles. The lowest BCUT2D eigenvalue weighted by Gasteiger charge is -2.07. The summed E-state index contributed by atoms with van der Waals surface area (Å²) in [5, 5.41) is 2.22. The van der Waals surface area contributed by atoms with Crippen LogP contribution in [0.5, 0.6) is 0 Å². The lowest BCUT2D eigenvalue weighted by Crippen LogP contribution is -1.87. The summed E-state index contributed by atoms with van der Waals surface area (Å²) in [7, 11) is 0. The zero-order chi connectivity index (χ0) is 14.1. The van der Waals surface area contributed by atoms with E-state index in [2.05, 4.69) is 46.6 Å². The Hall–Kier alpha value is -1.83. The van der Waals surface area contributed by atoms with Gasteiger partial charge in [-0.15, -0.1) is 0 Å². The molecule has 1 aliphatic carbocycles. The van der Waals surface area contributed by atoms with Gasteiger partial charge in [0.1, 0.15) is 5.69 Å². The van der Waals surface area contributed by atoms with Crippen molar-refractivity contribution in [1.82, 2.24) is 0 Å². The molecule has 0 radical (unpaired) electrons. The van der Waals surface area contributed by atoms with Crippen molar-refractivity contribution in [3.8, 4) is 11.1 Å². The quantitative estimate of drug-likeness (QED) is 0.541. The third-order valence-electron chi connectivity index (χ3n) is 3.70. The van der Waals surface area contributed by atoms with Gasteiger partial charge in [0.2, 0.25) is 0 Å². The second-order valence-electron chi connectivity index (χ2n) is 5.22. The molecule has 1 nitrogen and oxygen atoms in total. The average Bonchev–Trinajstić information content (AvgIpc) is 3.27. The van der Waals surface area contributed by atoms with Crippen LogP contribution in [-0.2, 0) is 0 Å². The molecule has 0 unspecified atom stereocenters. The van der Waals surface area contributed by atoms with Crippen molar-refractivity contribution in [1.29, 1.82) is 0 Å². The van der Waals surface area contributed by atoms with Crippen LogP contribution >= 0.6 is 12.2 Å². The number of isothiocyanates is 1. The Morgan fingerprint density at radius 2 is 1.85 bits per heavy atom. The molecule has 1 saturated carbocycles. The minimum Gasteiger partial charge on any atom is -0.205 e. The molecule has 0 bridgehead atoms. The highest BCUT2D eigenvalue weighted by molar-refractivity contribution is 7.78. The molecular weight excluding hydrogens is 269 g/mol. The number of nitrogens with zero attached hydrogens (tertiary/aromatic N) is 1. The van der Waals surface area contributed by atoms with Gasteiger partial charge in [0.15, 0.2) is 5.82 Å². The van der Waals surface area contributed by atoms with Gasteiger partial charge in [0, 0.05) is 0 Å². The molecule has 2 aromatic rings. The Labute approximate surface area is 123 Å². The lowest BCUT2D eigenvalue weighted by atomic mass is 10.00. The monoisotopic (exact) mass is 283 g/mol. The maximum Gasteiger partial charge on any atom is 0.150 e. The summed E-state index contributed by atoms with van der Waals surface area (Å²) in [5.41, 5.74) is 4.31. The van der Waals surface area contributed by atoms with Crippen molar-refractivity contribution in [3.05, 3.63) is 53.3 Å². The van der Waals surface area contributed by atoms with Gasteiger partial charge >= 0.3 is 0 Å². The number of halogens is 1. The maximum absolute atomic E-state index is 14.0. The van der Waals surface area contributed by atoms with Gasteiger partial charge in [-0.2, -0.15) is 4.99 Å². The second-order valence-corrected chi connectivity index (χ2v) is 5.41. The Kier molecular flexibility index (Phi) is 3.47. The average molecular weight is 283 g/mol. The van der Waals surface area contributed by atoms with Crippen LogP contribution in [-0.4, -0.2) is 5.16 Å². The van der Waals surface area contributed by atoms with Crippen molar-refractivity contribution in [2.24, 2.45) is 4.99 Å². The number of hydrogen-bond acceptors (Lipinski definition) is 2. The number of hydrogen-bond donors (Lipinski definition) is 0. The highest BCUT2D eigenvalue weighted by Gasteiger charge is 2.23. The van der Waals surface area contributed by atoms with Crippen LogP contribution in [0, 0.1) is 12.7 Å². The highest BCUT2D eigenvalue weighted by atomic mass is 32.1. The van der Waals surface area contributed by atoms with E-state index in [0.29, 0.717) is 0 Å². The van der Waals surface area contributed by atoms with Crippen molar-refractivity contribution in [2.45, 2.75) is 25.7 Å². The van der Waals surface area contributed by atoms with Crippen LogP contribution in [0.25, 0.3) is 11.1 Å². The van der Waals surface area contributed by atoms with Crippen molar-refractivity contribution in [3.63, 3.8) is 0 Å². The topological polar surface area (TPSA) is 12.4 Å². The van der Waals surface area contributed by atoms with Gasteiger partial charge in [-0.1, -0.05) is 24.3 Å². The molecule has 0 atom stereocenters. The molecule has 100 valence electrons. The summed E-state index contributed by atoms with van der Waals surface area (Å²) in [6.07, 6.45) is 2.58. The number of benzene rings is 2. The molecule has 1 fully saturated rings. The minimum atomic E-state index is -0.358. The van der Waals surface area contributed by atoms with Crippen LogP contribution in [0.3, 0.4) is 0 Å². The van der Waals surface area contributed by atoms with Crippen LogP contribution in [0.15, 0.2) is 41.4 Å². The summed E-state index contributed by atoms with van der Waals surface area (Å²) in [4.78, 5) is 3.78. The molecule has 3 rings (SSSR count). The van der Waals surface area contributed by atoms with E-state index in [-0.39, 0.29) is 11.5 Å². The van der Waals surface area contributed by atoms with Gasteiger partial charge in [0.25, 0.3) is 0 Å². The van der Waals surface area contributed by atoms with Gasteiger partial charge in [-0.05, 0) is 72.3 Å². The van der Waals surface area contributed by atoms with Gasteiger partial charge < -0.3 is 0 Å². The molecule has 0 saturated heterocycles. The first-order valence-electron chi connectivity index (χ1n) is 6.67. The minimum absolute atomic E-state index is 0.276. The molecule has 1 aliphatic rings. The first kappa shape index (κ1) is 13.2.